The molecule has 1 aromatic heterocycles. The number of furan rings is 1. The summed E-state index contributed by atoms with van der Waals surface area (Å²) in [5.41, 5.74) is 3.97. The van der Waals surface area contributed by atoms with Gasteiger partial charge in [-0.3, -0.25) is 4.79 Å². The van der Waals surface area contributed by atoms with Crippen molar-refractivity contribution in [1.82, 2.24) is 9.62 Å². The van der Waals surface area contributed by atoms with E-state index in [0.717, 1.165) is 27.7 Å². The molecule has 6 nitrogen and oxygen atoms in total. The van der Waals surface area contributed by atoms with Crippen molar-refractivity contribution in [3.05, 3.63) is 35.1 Å². The molecule has 25 heavy (non-hydrogen) atoms. The number of benzene rings is 1. The van der Waals surface area contributed by atoms with E-state index in [-0.39, 0.29) is 18.4 Å². The molecule has 136 valence electrons. The minimum absolute atomic E-state index is 0.0210. The number of nitrogens with one attached hydrogen (secondary N) is 1. The van der Waals surface area contributed by atoms with E-state index in [1.165, 1.54) is 10.6 Å². The van der Waals surface area contributed by atoms with Crippen LogP contribution in [-0.4, -0.2) is 44.0 Å². The minimum atomic E-state index is -3.14. The highest BCUT2D eigenvalue weighted by molar-refractivity contribution is 7.88. The van der Waals surface area contributed by atoms with E-state index in [2.05, 4.69) is 5.32 Å². The molecule has 1 aliphatic rings. The zero-order valence-corrected chi connectivity index (χ0v) is 15.6. The number of fused-ring (bicyclic) bond motifs is 1. The summed E-state index contributed by atoms with van der Waals surface area (Å²) in [6.45, 7) is 4.96. The molecule has 0 saturated carbocycles. The molecule has 0 atom stereocenters. The lowest BCUT2D eigenvalue weighted by molar-refractivity contribution is -0.121. The van der Waals surface area contributed by atoms with Crippen LogP contribution < -0.4 is 5.32 Å². The number of carbonyl (C=O) groups is 1. The molecule has 1 amide bonds. The molecule has 0 unspecified atom stereocenters. The summed E-state index contributed by atoms with van der Waals surface area (Å²) in [6, 6.07) is 4.05. The number of carbonyl (C=O) groups excluding carboxylic acids is 1. The summed E-state index contributed by atoms with van der Waals surface area (Å²) in [7, 11) is -3.14. The van der Waals surface area contributed by atoms with Crippen LogP contribution in [0.1, 0.15) is 29.5 Å². The summed E-state index contributed by atoms with van der Waals surface area (Å²) in [5, 5.41) is 3.99. The van der Waals surface area contributed by atoms with Crippen LogP contribution in [0.25, 0.3) is 11.0 Å². The first-order valence-corrected chi connectivity index (χ1v) is 10.3. The Morgan fingerprint density at radius 2 is 1.96 bits per heavy atom. The lowest BCUT2D eigenvalue weighted by atomic mass is 10.0. The SMILES string of the molecule is Cc1ccc2c(CC(=O)NC3CCN(S(C)(=O)=O)CC3)coc2c1C. The van der Waals surface area contributed by atoms with Gasteiger partial charge in [-0.25, -0.2) is 12.7 Å². The lowest BCUT2D eigenvalue weighted by Crippen LogP contribution is -2.46. The van der Waals surface area contributed by atoms with Crippen molar-refractivity contribution in [1.29, 1.82) is 0 Å². The second-order valence-corrected chi connectivity index (χ2v) is 8.81. The van der Waals surface area contributed by atoms with Gasteiger partial charge >= 0.3 is 0 Å². The molecule has 2 aromatic rings. The minimum Gasteiger partial charge on any atom is -0.464 e. The number of amides is 1. The zero-order valence-electron chi connectivity index (χ0n) is 14.8. The highest BCUT2D eigenvalue weighted by atomic mass is 32.2. The van der Waals surface area contributed by atoms with Gasteiger partial charge in [0, 0.05) is 30.1 Å². The molecule has 1 aromatic carbocycles. The Balaban J connectivity index is 1.62. The molecule has 2 heterocycles. The van der Waals surface area contributed by atoms with Gasteiger partial charge in [0.05, 0.1) is 18.9 Å². The standard InChI is InChI=1S/C18H24N2O4S/c1-12-4-5-16-14(11-24-18(16)13(12)2)10-17(21)19-15-6-8-20(9-7-15)25(3,22)23/h4-5,11,15H,6-10H2,1-3H3,(H,19,21). The number of hydrogen-bond acceptors (Lipinski definition) is 4. The van der Waals surface area contributed by atoms with Gasteiger partial charge in [-0.2, -0.15) is 0 Å². The fourth-order valence-electron chi connectivity index (χ4n) is 3.31. The van der Waals surface area contributed by atoms with Gasteiger partial charge in [0.25, 0.3) is 0 Å². The summed E-state index contributed by atoms with van der Waals surface area (Å²) >= 11 is 0. The largest absolute Gasteiger partial charge is 0.464 e. The van der Waals surface area contributed by atoms with Crippen LogP contribution in [0.3, 0.4) is 0 Å². The molecule has 0 bridgehead atoms. The van der Waals surface area contributed by atoms with Crippen LogP contribution in [0.2, 0.25) is 0 Å². The van der Waals surface area contributed by atoms with Gasteiger partial charge in [0.1, 0.15) is 5.58 Å². The molecular weight excluding hydrogens is 340 g/mol. The van der Waals surface area contributed by atoms with Gasteiger partial charge in [0.15, 0.2) is 0 Å². The average molecular weight is 364 g/mol. The van der Waals surface area contributed by atoms with Gasteiger partial charge in [-0.1, -0.05) is 12.1 Å². The van der Waals surface area contributed by atoms with E-state index in [0.29, 0.717) is 25.9 Å². The van der Waals surface area contributed by atoms with E-state index in [1.807, 2.05) is 26.0 Å². The summed E-state index contributed by atoms with van der Waals surface area (Å²) in [4.78, 5) is 12.4. The maximum atomic E-state index is 12.4. The summed E-state index contributed by atoms with van der Waals surface area (Å²) in [6.07, 6.45) is 4.43. The van der Waals surface area contributed by atoms with Crippen LogP contribution in [-0.2, 0) is 21.2 Å². The molecular formula is C18H24N2O4S. The first-order chi connectivity index (χ1) is 11.8. The average Bonchev–Trinajstić information content (AvgIpc) is 2.94. The van der Waals surface area contributed by atoms with Crippen LogP contribution in [0.5, 0.6) is 0 Å². The van der Waals surface area contributed by atoms with Crippen LogP contribution in [0.4, 0.5) is 0 Å². The van der Waals surface area contributed by atoms with Crippen molar-refractivity contribution in [2.45, 2.75) is 39.2 Å². The molecule has 0 aliphatic carbocycles. The Kier molecular flexibility index (Phi) is 4.88. The third-order valence-corrected chi connectivity index (χ3v) is 6.28. The third-order valence-electron chi connectivity index (χ3n) is 4.98. The number of piperidine rings is 1. The maximum absolute atomic E-state index is 12.4. The predicted octanol–water partition coefficient (Wildman–Crippen LogP) is 2.13. The van der Waals surface area contributed by atoms with Gasteiger partial charge in [0.2, 0.25) is 15.9 Å². The molecule has 1 fully saturated rings. The molecule has 0 spiro atoms. The normalized spacial score (nSPS) is 17.1. The Labute approximate surface area is 148 Å². The van der Waals surface area contributed by atoms with Gasteiger partial charge in [-0.05, 0) is 37.8 Å². The zero-order chi connectivity index (χ0) is 18.2. The Morgan fingerprint density at radius 1 is 1.28 bits per heavy atom. The fourth-order valence-corrected chi connectivity index (χ4v) is 4.18. The number of hydrogen-bond donors (Lipinski definition) is 1. The second-order valence-electron chi connectivity index (χ2n) is 6.83. The third kappa shape index (κ3) is 3.88. The molecule has 0 radical (unpaired) electrons. The van der Waals surface area contributed by atoms with Crippen LogP contribution in [0.15, 0.2) is 22.8 Å². The van der Waals surface area contributed by atoms with E-state index < -0.39 is 10.0 Å². The molecule has 1 saturated heterocycles. The maximum Gasteiger partial charge on any atom is 0.224 e. The second kappa shape index (κ2) is 6.80. The number of nitrogens with zero attached hydrogens (tertiary/aromatic N) is 1. The van der Waals surface area contributed by atoms with Gasteiger partial charge < -0.3 is 9.73 Å². The number of sulfonamides is 1. The van der Waals surface area contributed by atoms with E-state index in [4.69, 9.17) is 4.42 Å². The first kappa shape index (κ1) is 17.9. The summed E-state index contributed by atoms with van der Waals surface area (Å²) in [5.74, 6) is -0.0567. The topological polar surface area (TPSA) is 79.6 Å². The fraction of sp³-hybridized carbons (Fsp3) is 0.500. The Bertz CT molecular complexity index is 893. The predicted molar refractivity (Wildman–Crippen MR) is 97.0 cm³/mol. The van der Waals surface area contributed by atoms with E-state index in [1.54, 1.807) is 6.26 Å². The highest BCUT2D eigenvalue weighted by Crippen LogP contribution is 2.26. The van der Waals surface area contributed by atoms with Crippen molar-refractivity contribution in [3.8, 4) is 0 Å². The molecule has 1 aliphatic heterocycles. The van der Waals surface area contributed by atoms with Crippen LogP contribution in [0, 0.1) is 13.8 Å². The first-order valence-electron chi connectivity index (χ1n) is 8.46. The smallest absolute Gasteiger partial charge is 0.224 e. The molecule has 7 heteroatoms. The van der Waals surface area contributed by atoms with E-state index in [9.17, 15) is 13.2 Å². The van der Waals surface area contributed by atoms with Gasteiger partial charge in [-0.15, -0.1) is 0 Å². The number of rotatable bonds is 4. The number of aryl methyl sites for hydroxylation is 2. The van der Waals surface area contributed by atoms with Crippen molar-refractivity contribution in [2.24, 2.45) is 0 Å². The summed E-state index contributed by atoms with van der Waals surface area (Å²) < 4.78 is 30.2. The quantitative estimate of drug-likeness (QED) is 0.901. The Hall–Kier alpha value is -1.86. The van der Waals surface area contributed by atoms with Crippen molar-refractivity contribution in [2.75, 3.05) is 19.3 Å². The van der Waals surface area contributed by atoms with Crippen molar-refractivity contribution >= 4 is 26.9 Å². The van der Waals surface area contributed by atoms with Crippen molar-refractivity contribution in [3.63, 3.8) is 0 Å². The monoisotopic (exact) mass is 364 g/mol. The molecule has 1 N–H and O–H groups in total. The van der Waals surface area contributed by atoms with E-state index >= 15 is 0 Å². The molecule has 3 rings (SSSR count). The Morgan fingerprint density at radius 3 is 2.60 bits per heavy atom. The highest BCUT2D eigenvalue weighted by Gasteiger charge is 2.26. The van der Waals surface area contributed by atoms with Crippen LogP contribution >= 0.6 is 0 Å². The lowest BCUT2D eigenvalue weighted by Gasteiger charge is -2.30. The van der Waals surface area contributed by atoms with Crippen molar-refractivity contribution < 1.29 is 17.6 Å².